The first-order chi connectivity index (χ1) is 9.97. The van der Waals surface area contributed by atoms with E-state index in [4.69, 9.17) is 0 Å². The highest BCUT2D eigenvalue weighted by Gasteiger charge is 2.23. The van der Waals surface area contributed by atoms with Gasteiger partial charge in [0.1, 0.15) is 6.20 Å². The molecule has 1 aliphatic heterocycles. The maximum absolute atomic E-state index is 11.9. The molecule has 116 valence electrons. The second-order valence-corrected chi connectivity index (χ2v) is 5.12. The van der Waals surface area contributed by atoms with Crippen LogP contribution in [0.4, 0.5) is 5.82 Å². The molecule has 0 bridgehead atoms. The second-order valence-electron chi connectivity index (χ2n) is 5.12. The SMILES string of the molecule is Cn1cc([N+](=O)[O-])nc1C(=O)NCCN1CCC(O)CC1. The van der Waals surface area contributed by atoms with Crippen molar-refractivity contribution in [3.8, 4) is 0 Å². The number of nitrogens with one attached hydrogen (secondary N) is 1. The number of likely N-dealkylation sites (tertiary alicyclic amines) is 1. The quantitative estimate of drug-likeness (QED) is 0.560. The van der Waals surface area contributed by atoms with Crippen LogP contribution in [0.25, 0.3) is 0 Å². The van der Waals surface area contributed by atoms with Gasteiger partial charge < -0.3 is 30.0 Å². The average molecular weight is 297 g/mol. The average Bonchev–Trinajstić information content (AvgIpc) is 2.83. The summed E-state index contributed by atoms with van der Waals surface area (Å²) < 4.78 is 1.34. The molecule has 1 saturated heterocycles. The first kappa shape index (κ1) is 15.4. The number of aryl methyl sites for hydroxylation is 1. The third kappa shape index (κ3) is 3.99. The number of imidazole rings is 1. The van der Waals surface area contributed by atoms with Crippen molar-refractivity contribution >= 4 is 11.7 Å². The molecule has 0 saturated carbocycles. The number of hydrogen-bond acceptors (Lipinski definition) is 6. The van der Waals surface area contributed by atoms with Gasteiger partial charge in [-0.25, -0.2) is 0 Å². The van der Waals surface area contributed by atoms with E-state index in [0.717, 1.165) is 25.9 Å². The molecule has 1 fully saturated rings. The first-order valence-corrected chi connectivity index (χ1v) is 6.83. The summed E-state index contributed by atoms with van der Waals surface area (Å²) >= 11 is 0. The third-order valence-electron chi connectivity index (χ3n) is 3.52. The fourth-order valence-corrected chi connectivity index (χ4v) is 2.30. The Morgan fingerprint density at radius 1 is 1.57 bits per heavy atom. The molecule has 1 aromatic heterocycles. The molecule has 2 N–H and O–H groups in total. The van der Waals surface area contributed by atoms with Crippen LogP contribution in [0.1, 0.15) is 23.5 Å². The van der Waals surface area contributed by atoms with Crippen molar-refractivity contribution < 1.29 is 14.8 Å². The molecule has 21 heavy (non-hydrogen) atoms. The van der Waals surface area contributed by atoms with Gasteiger partial charge in [-0.3, -0.25) is 4.79 Å². The van der Waals surface area contributed by atoms with Gasteiger partial charge in [0, 0.05) is 33.2 Å². The van der Waals surface area contributed by atoms with E-state index in [2.05, 4.69) is 15.2 Å². The summed E-state index contributed by atoms with van der Waals surface area (Å²) in [6.07, 6.45) is 2.49. The Balaban J connectivity index is 1.80. The van der Waals surface area contributed by atoms with Crippen LogP contribution in [0.2, 0.25) is 0 Å². The Morgan fingerprint density at radius 3 is 2.81 bits per heavy atom. The van der Waals surface area contributed by atoms with Crippen LogP contribution < -0.4 is 5.32 Å². The molecule has 0 radical (unpaired) electrons. The molecule has 1 aromatic rings. The summed E-state index contributed by atoms with van der Waals surface area (Å²) in [5.41, 5.74) is 0. The van der Waals surface area contributed by atoms with Crippen molar-refractivity contribution in [2.24, 2.45) is 7.05 Å². The predicted octanol–water partition coefficient (Wildman–Crippen LogP) is -0.485. The Hall–Kier alpha value is -2.00. The summed E-state index contributed by atoms with van der Waals surface area (Å²) in [5, 5.41) is 22.7. The molecule has 0 aliphatic carbocycles. The van der Waals surface area contributed by atoms with E-state index in [0.29, 0.717) is 13.1 Å². The van der Waals surface area contributed by atoms with Gasteiger partial charge in [0.05, 0.1) is 6.10 Å². The van der Waals surface area contributed by atoms with Crippen LogP contribution in [0.5, 0.6) is 0 Å². The normalized spacial score (nSPS) is 16.9. The minimum atomic E-state index is -0.629. The van der Waals surface area contributed by atoms with Crippen LogP contribution in [0, 0.1) is 10.1 Å². The molecule has 0 unspecified atom stereocenters. The highest BCUT2D eigenvalue weighted by Crippen LogP contribution is 2.10. The highest BCUT2D eigenvalue weighted by molar-refractivity contribution is 5.91. The van der Waals surface area contributed by atoms with Crippen LogP contribution in [-0.2, 0) is 7.05 Å². The van der Waals surface area contributed by atoms with Crippen molar-refractivity contribution in [1.29, 1.82) is 0 Å². The fraction of sp³-hybridized carbons (Fsp3) is 0.667. The van der Waals surface area contributed by atoms with E-state index in [1.807, 2.05) is 0 Å². The minimum Gasteiger partial charge on any atom is -0.393 e. The van der Waals surface area contributed by atoms with Crippen molar-refractivity contribution in [2.75, 3.05) is 26.2 Å². The largest absolute Gasteiger partial charge is 0.393 e. The van der Waals surface area contributed by atoms with E-state index in [1.165, 1.54) is 10.8 Å². The number of aliphatic hydroxyl groups excluding tert-OH is 1. The van der Waals surface area contributed by atoms with Crippen molar-refractivity contribution in [1.82, 2.24) is 19.8 Å². The number of aliphatic hydroxyl groups is 1. The van der Waals surface area contributed by atoms with E-state index >= 15 is 0 Å². The monoisotopic (exact) mass is 297 g/mol. The van der Waals surface area contributed by atoms with Gasteiger partial charge in [-0.1, -0.05) is 0 Å². The number of aromatic nitrogens is 2. The van der Waals surface area contributed by atoms with Gasteiger partial charge in [-0.15, -0.1) is 0 Å². The lowest BCUT2D eigenvalue weighted by Crippen LogP contribution is -2.41. The van der Waals surface area contributed by atoms with Crippen molar-refractivity contribution in [3.63, 3.8) is 0 Å². The highest BCUT2D eigenvalue weighted by atomic mass is 16.6. The molecule has 1 amide bonds. The number of nitro groups is 1. The molecule has 1 aliphatic rings. The topological polar surface area (TPSA) is 114 Å². The van der Waals surface area contributed by atoms with E-state index < -0.39 is 10.8 Å². The Bertz CT molecular complexity index is 522. The number of nitrogens with zero attached hydrogens (tertiary/aromatic N) is 4. The molecule has 9 heteroatoms. The number of amides is 1. The second kappa shape index (κ2) is 6.64. The lowest BCUT2D eigenvalue weighted by molar-refractivity contribution is -0.389. The molecule has 2 rings (SSSR count). The van der Waals surface area contributed by atoms with E-state index in [9.17, 15) is 20.0 Å². The number of carbonyl (C=O) groups is 1. The standard InChI is InChI=1S/C12H19N5O4/c1-15-8-10(17(20)21)14-11(15)12(19)13-4-7-16-5-2-9(18)3-6-16/h8-9,18H,2-7H2,1H3,(H,13,19). The molecular formula is C12H19N5O4. The van der Waals surface area contributed by atoms with Crippen LogP contribution in [-0.4, -0.2) is 62.7 Å². The molecular weight excluding hydrogens is 278 g/mol. The zero-order chi connectivity index (χ0) is 15.4. The Labute approximate surface area is 121 Å². The number of piperidine rings is 1. The van der Waals surface area contributed by atoms with Crippen LogP contribution in [0.15, 0.2) is 6.20 Å². The number of hydrogen-bond donors (Lipinski definition) is 2. The summed E-state index contributed by atoms with van der Waals surface area (Å²) in [6, 6.07) is 0. The zero-order valence-electron chi connectivity index (χ0n) is 11.9. The van der Waals surface area contributed by atoms with E-state index in [-0.39, 0.29) is 17.7 Å². The van der Waals surface area contributed by atoms with Crippen LogP contribution in [0.3, 0.4) is 0 Å². The summed E-state index contributed by atoms with van der Waals surface area (Å²) in [6.45, 7) is 2.75. The summed E-state index contributed by atoms with van der Waals surface area (Å²) in [5.74, 6) is -0.744. The number of carbonyl (C=O) groups excluding carboxylic acids is 1. The van der Waals surface area contributed by atoms with Gasteiger partial charge in [0.25, 0.3) is 0 Å². The maximum Gasteiger partial charge on any atom is 0.382 e. The van der Waals surface area contributed by atoms with Crippen molar-refractivity contribution in [3.05, 3.63) is 22.1 Å². The Kier molecular flexibility index (Phi) is 4.86. The molecule has 9 nitrogen and oxygen atoms in total. The lowest BCUT2D eigenvalue weighted by Gasteiger charge is -2.29. The zero-order valence-corrected chi connectivity index (χ0v) is 11.9. The van der Waals surface area contributed by atoms with E-state index in [1.54, 1.807) is 7.05 Å². The van der Waals surface area contributed by atoms with Gasteiger partial charge in [-0.2, -0.15) is 0 Å². The molecule has 2 heterocycles. The van der Waals surface area contributed by atoms with Gasteiger partial charge in [0.2, 0.25) is 0 Å². The van der Waals surface area contributed by atoms with Gasteiger partial charge in [0.15, 0.2) is 0 Å². The van der Waals surface area contributed by atoms with Crippen molar-refractivity contribution in [2.45, 2.75) is 18.9 Å². The minimum absolute atomic E-state index is 0.0239. The first-order valence-electron chi connectivity index (χ1n) is 6.83. The van der Waals surface area contributed by atoms with Crippen LogP contribution >= 0.6 is 0 Å². The Morgan fingerprint density at radius 2 is 2.24 bits per heavy atom. The maximum atomic E-state index is 11.9. The number of rotatable bonds is 5. The lowest BCUT2D eigenvalue weighted by atomic mass is 10.1. The third-order valence-corrected chi connectivity index (χ3v) is 3.52. The fourth-order valence-electron chi connectivity index (χ4n) is 2.30. The molecule has 0 spiro atoms. The van der Waals surface area contributed by atoms with Gasteiger partial charge in [-0.05, 0) is 22.7 Å². The summed E-state index contributed by atoms with van der Waals surface area (Å²) in [7, 11) is 1.54. The molecule has 0 atom stereocenters. The smallest absolute Gasteiger partial charge is 0.382 e. The molecule has 0 aromatic carbocycles. The predicted molar refractivity (Wildman–Crippen MR) is 73.9 cm³/mol. The summed E-state index contributed by atoms with van der Waals surface area (Å²) in [4.78, 5) is 27.7. The van der Waals surface area contributed by atoms with Gasteiger partial charge >= 0.3 is 17.5 Å².